The number of urea groups is 1. The molecule has 0 heterocycles. The van der Waals surface area contributed by atoms with Gasteiger partial charge >= 0.3 is 12.2 Å². The van der Waals surface area contributed by atoms with Crippen LogP contribution < -0.4 is 21.1 Å². The van der Waals surface area contributed by atoms with Crippen LogP contribution in [0.5, 0.6) is 5.75 Å². The van der Waals surface area contributed by atoms with Crippen molar-refractivity contribution in [3.05, 3.63) is 29.8 Å². The highest BCUT2D eigenvalue weighted by molar-refractivity contribution is 5.86. The Kier molecular flexibility index (Phi) is 6.87. The molecule has 4 N–H and O–H groups in total. The van der Waals surface area contributed by atoms with E-state index in [0.717, 1.165) is 0 Å². The number of carbonyl (C=O) groups is 2. The van der Waals surface area contributed by atoms with E-state index in [9.17, 15) is 22.8 Å². The van der Waals surface area contributed by atoms with E-state index in [-0.39, 0.29) is 18.2 Å². The summed E-state index contributed by atoms with van der Waals surface area (Å²) in [5, 5.41) is 4.99. The van der Waals surface area contributed by atoms with Crippen LogP contribution in [0.25, 0.3) is 0 Å². The SMILES string of the molecule is CC(C)[C@H](NC(N)=O)C(=O)NCc1ccc(OCC(F)(F)F)cc1. The summed E-state index contributed by atoms with van der Waals surface area (Å²) < 4.78 is 40.7. The standard InChI is InChI=1S/C15H20F3N3O3/c1-9(2)12(21-14(19)23)13(22)20-7-10-3-5-11(6-4-10)24-8-15(16,17)18/h3-6,9,12H,7-8H2,1-2H3,(H,20,22)(H3,19,21,23)/t12-/m0/s1. The third kappa shape index (κ3) is 7.21. The number of hydrogen-bond acceptors (Lipinski definition) is 3. The van der Waals surface area contributed by atoms with E-state index >= 15 is 0 Å². The molecule has 0 radical (unpaired) electrons. The van der Waals surface area contributed by atoms with Crippen molar-refractivity contribution in [2.75, 3.05) is 6.61 Å². The third-order valence-corrected chi connectivity index (χ3v) is 3.04. The molecule has 1 atom stereocenters. The Labute approximate surface area is 137 Å². The van der Waals surface area contributed by atoms with Gasteiger partial charge in [-0.3, -0.25) is 4.79 Å². The molecule has 1 aromatic rings. The van der Waals surface area contributed by atoms with Gasteiger partial charge in [-0.1, -0.05) is 26.0 Å². The lowest BCUT2D eigenvalue weighted by Crippen LogP contribution is -2.51. The number of nitrogens with one attached hydrogen (secondary N) is 2. The van der Waals surface area contributed by atoms with Gasteiger partial charge in [-0.2, -0.15) is 13.2 Å². The van der Waals surface area contributed by atoms with E-state index < -0.39 is 30.8 Å². The normalized spacial score (nSPS) is 12.6. The number of amides is 3. The summed E-state index contributed by atoms with van der Waals surface area (Å²) in [7, 11) is 0. The van der Waals surface area contributed by atoms with Crippen molar-refractivity contribution < 1.29 is 27.5 Å². The Hall–Kier alpha value is -2.45. The van der Waals surface area contributed by atoms with Crippen LogP contribution in [0.3, 0.4) is 0 Å². The highest BCUT2D eigenvalue weighted by atomic mass is 19.4. The topological polar surface area (TPSA) is 93.5 Å². The molecule has 9 heteroatoms. The summed E-state index contributed by atoms with van der Waals surface area (Å²) in [5.41, 5.74) is 5.70. The molecule has 6 nitrogen and oxygen atoms in total. The number of benzene rings is 1. The molecule has 0 aliphatic heterocycles. The minimum absolute atomic E-state index is 0.0813. The number of primary amides is 1. The maximum atomic E-state index is 12.1. The lowest BCUT2D eigenvalue weighted by atomic mass is 10.0. The molecule has 0 saturated carbocycles. The number of alkyl halides is 3. The summed E-state index contributed by atoms with van der Waals surface area (Å²) in [5.74, 6) is -0.477. The zero-order chi connectivity index (χ0) is 18.3. The average Bonchev–Trinajstić information content (AvgIpc) is 2.48. The molecule has 0 spiro atoms. The zero-order valence-electron chi connectivity index (χ0n) is 13.3. The maximum Gasteiger partial charge on any atom is 0.422 e. The molecule has 0 fully saturated rings. The van der Waals surface area contributed by atoms with Gasteiger partial charge in [0.15, 0.2) is 6.61 Å². The largest absolute Gasteiger partial charge is 0.484 e. The molecule has 134 valence electrons. The summed E-state index contributed by atoms with van der Waals surface area (Å²) >= 11 is 0. The van der Waals surface area contributed by atoms with Crippen molar-refractivity contribution >= 4 is 11.9 Å². The highest BCUT2D eigenvalue weighted by Gasteiger charge is 2.28. The number of nitrogens with two attached hydrogens (primary N) is 1. The van der Waals surface area contributed by atoms with E-state index in [1.54, 1.807) is 13.8 Å². The molecule has 0 saturated heterocycles. The zero-order valence-corrected chi connectivity index (χ0v) is 13.3. The molecule has 0 aliphatic carbocycles. The van der Waals surface area contributed by atoms with E-state index in [0.29, 0.717) is 5.56 Å². The number of ether oxygens (including phenoxy) is 1. The second-order valence-electron chi connectivity index (χ2n) is 5.50. The summed E-state index contributed by atoms with van der Waals surface area (Å²) in [6.45, 7) is 2.31. The molecule has 24 heavy (non-hydrogen) atoms. The van der Waals surface area contributed by atoms with Crippen molar-refractivity contribution in [1.29, 1.82) is 0 Å². The summed E-state index contributed by atoms with van der Waals surface area (Å²) in [4.78, 5) is 22.9. The third-order valence-electron chi connectivity index (χ3n) is 3.04. The number of rotatable bonds is 7. The van der Waals surface area contributed by atoms with Crippen LogP contribution in [-0.4, -0.2) is 30.8 Å². The van der Waals surface area contributed by atoms with E-state index in [4.69, 9.17) is 5.73 Å². The Balaban J connectivity index is 2.54. The van der Waals surface area contributed by atoms with E-state index in [2.05, 4.69) is 15.4 Å². The van der Waals surface area contributed by atoms with Crippen LogP contribution in [0, 0.1) is 5.92 Å². The molecule has 0 aromatic heterocycles. The van der Waals surface area contributed by atoms with Gasteiger partial charge in [-0.15, -0.1) is 0 Å². The average molecular weight is 347 g/mol. The second-order valence-corrected chi connectivity index (χ2v) is 5.50. The molecule has 0 aliphatic rings. The van der Waals surface area contributed by atoms with Gasteiger partial charge in [-0.05, 0) is 23.6 Å². The fourth-order valence-corrected chi connectivity index (χ4v) is 1.86. The van der Waals surface area contributed by atoms with Crippen molar-refractivity contribution in [3.63, 3.8) is 0 Å². The summed E-state index contributed by atoms with van der Waals surface area (Å²) in [6.07, 6.45) is -4.40. The van der Waals surface area contributed by atoms with Gasteiger partial charge in [0.1, 0.15) is 11.8 Å². The van der Waals surface area contributed by atoms with Crippen LogP contribution in [0.1, 0.15) is 19.4 Å². The van der Waals surface area contributed by atoms with Crippen LogP contribution in [-0.2, 0) is 11.3 Å². The van der Waals surface area contributed by atoms with E-state index in [1.807, 2.05) is 0 Å². The summed E-state index contributed by atoms with van der Waals surface area (Å²) in [6, 6.07) is 4.28. The highest BCUT2D eigenvalue weighted by Crippen LogP contribution is 2.18. The fraction of sp³-hybridized carbons (Fsp3) is 0.467. The van der Waals surface area contributed by atoms with Crippen LogP contribution in [0.15, 0.2) is 24.3 Å². The van der Waals surface area contributed by atoms with E-state index in [1.165, 1.54) is 24.3 Å². The first kappa shape index (κ1) is 19.6. The quantitative estimate of drug-likeness (QED) is 0.704. The number of halogens is 3. The number of hydrogen-bond donors (Lipinski definition) is 3. The van der Waals surface area contributed by atoms with Gasteiger partial charge in [0.05, 0.1) is 0 Å². The minimum atomic E-state index is -4.40. The van der Waals surface area contributed by atoms with Crippen molar-refractivity contribution in [3.8, 4) is 5.75 Å². The lowest BCUT2D eigenvalue weighted by Gasteiger charge is -2.20. The molecular formula is C15H20F3N3O3. The first-order valence-electron chi connectivity index (χ1n) is 7.20. The lowest BCUT2D eigenvalue weighted by molar-refractivity contribution is -0.153. The van der Waals surface area contributed by atoms with Crippen molar-refractivity contribution in [1.82, 2.24) is 10.6 Å². The van der Waals surface area contributed by atoms with Gasteiger partial charge in [0.25, 0.3) is 0 Å². The minimum Gasteiger partial charge on any atom is -0.484 e. The number of carbonyl (C=O) groups excluding carboxylic acids is 2. The smallest absolute Gasteiger partial charge is 0.422 e. The first-order valence-corrected chi connectivity index (χ1v) is 7.20. The second kappa shape index (κ2) is 8.42. The Morgan fingerprint density at radius 1 is 1.21 bits per heavy atom. The molecule has 0 bridgehead atoms. The van der Waals surface area contributed by atoms with Gasteiger partial charge in [0, 0.05) is 6.54 Å². The van der Waals surface area contributed by atoms with Crippen molar-refractivity contribution in [2.45, 2.75) is 32.6 Å². The monoisotopic (exact) mass is 347 g/mol. The first-order chi connectivity index (χ1) is 11.1. The van der Waals surface area contributed by atoms with Gasteiger partial charge in [0.2, 0.25) is 5.91 Å². The Bertz CT molecular complexity index is 559. The van der Waals surface area contributed by atoms with Gasteiger partial charge < -0.3 is 21.1 Å². The van der Waals surface area contributed by atoms with Crippen LogP contribution >= 0.6 is 0 Å². The Morgan fingerprint density at radius 2 is 1.79 bits per heavy atom. The predicted octanol–water partition coefficient (Wildman–Crippen LogP) is 1.94. The fourth-order valence-electron chi connectivity index (χ4n) is 1.86. The molecule has 1 rings (SSSR count). The molecule has 1 aromatic carbocycles. The maximum absolute atomic E-state index is 12.1. The molecule has 0 unspecified atom stereocenters. The van der Waals surface area contributed by atoms with Crippen molar-refractivity contribution in [2.24, 2.45) is 11.7 Å². The predicted molar refractivity (Wildman–Crippen MR) is 81.2 cm³/mol. The van der Waals surface area contributed by atoms with Gasteiger partial charge in [-0.25, -0.2) is 4.79 Å². The molecular weight excluding hydrogens is 327 g/mol. The van der Waals surface area contributed by atoms with Crippen LogP contribution in [0.4, 0.5) is 18.0 Å². The molecule has 3 amide bonds. The van der Waals surface area contributed by atoms with Crippen LogP contribution in [0.2, 0.25) is 0 Å². The Morgan fingerprint density at radius 3 is 2.25 bits per heavy atom.